The quantitative estimate of drug-likeness (QED) is 0.858. The number of likely N-dealkylation sites (tertiary alicyclic amines) is 1. The Balaban J connectivity index is 1.93. The standard InChI is InChI=1S/C16H25N3O/c1-18(11-6-10-17)16(20)13-19-12-5-9-15(19)14-7-3-2-4-8-14/h2-4,7-8,15H,5-6,9-13,17H2,1H3. The fraction of sp³-hybridized carbons (Fsp3) is 0.562. The van der Waals surface area contributed by atoms with Crippen molar-refractivity contribution in [1.29, 1.82) is 0 Å². The molecule has 2 N–H and O–H groups in total. The Morgan fingerprint density at radius 1 is 1.40 bits per heavy atom. The zero-order valence-electron chi connectivity index (χ0n) is 12.3. The second-order valence-corrected chi connectivity index (χ2v) is 5.50. The average Bonchev–Trinajstić information content (AvgIpc) is 2.93. The predicted octanol–water partition coefficient (Wildman–Crippen LogP) is 1.63. The predicted molar refractivity (Wildman–Crippen MR) is 81.3 cm³/mol. The third-order valence-electron chi connectivity index (χ3n) is 4.01. The van der Waals surface area contributed by atoms with Crippen LogP contribution in [0.4, 0.5) is 0 Å². The van der Waals surface area contributed by atoms with E-state index in [0.29, 0.717) is 19.1 Å². The molecule has 1 aromatic carbocycles. The number of carbonyl (C=O) groups excluding carboxylic acids is 1. The van der Waals surface area contributed by atoms with Crippen molar-refractivity contribution in [3.05, 3.63) is 35.9 Å². The fourth-order valence-corrected chi connectivity index (χ4v) is 2.82. The van der Waals surface area contributed by atoms with Crippen molar-refractivity contribution in [2.24, 2.45) is 5.73 Å². The zero-order valence-corrected chi connectivity index (χ0v) is 12.3. The van der Waals surface area contributed by atoms with E-state index >= 15 is 0 Å². The Hall–Kier alpha value is -1.39. The molecule has 0 spiro atoms. The molecule has 1 unspecified atom stereocenters. The number of nitrogens with zero attached hydrogens (tertiary/aromatic N) is 2. The molecule has 1 aromatic rings. The van der Waals surface area contributed by atoms with Crippen LogP contribution >= 0.6 is 0 Å². The van der Waals surface area contributed by atoms with Gasteiger partial charge in [0.1, 0.15) is 0 Å². The fourth-order valence-electron chi connectivity index (χ4n) is 2.82. The van der Waals surface area contributed by atoms with Crippen molar-refractivity contribution in [2.75, 3.05) is 33.2 Å². The number of amides is 1. The van der Waals surface area contributed by atoms with Gasteiger partial charge in [-0.2, -0.15) is 0 Å². The first-order valence-electron chi connectivity index (χ1n) is 7.45. The van der Waals surface area contributed by atoms with Gasteiger partial charge in [0, 0.05) is 19.6 Å². The van der Waals surface area contributed by atoms with Crippen LogP contribution in [-0.4, -0.2) is 48.9 Å². The molecule has 1 aliphatic rings. The molecule has 0 aromatic heterocycles. The van der Waals surface area contributed by atoms with Gasteiger partial charge in [0.25, 0.3) is 0 Å². The second kappa shape index (κ2) is 7.41. The molecule has 0 aliphatic carbocycles. The van der Waals surface area contributed by atoms with E-state index in [0.717, 1.165) is 25.9 Å². The van der Waals surface area contributed by atoms with Gasteiger partial charge in [0.2, 0.25) is 5.91 Å². The third-order valence-corrected chi connectivity index (χ3v) is 4.01. The molecule has 1 saturated heterocycles. The van der Waals surface area contributed by atoms with Crippen molar-refractivity contribution >= 4 is 5.91 Å². The highest BCUT2D eigenvalue weighted by Gasteiger charge is 2.28. The van der Waals surface area contributed by atoms with Gasteiger partial charge in [0.05, 0.1) is 6.54 Å². The number of hydrogen-bond donors (Lipinski definition) is 1. The van der Waals surface area contributed by atoms with Crippen LogP contribution in [0, 0.1) is 0 Å². The summed E-state index contributed by atoms with van der Waals surface area (Å²) in [6.45, 7) is 2.91. The van der Waals surface area contributed by atoms with Crippen LogP contribution in [0.25, 0.3) is 0 Å². The van der Waals surface area contributed by atoms with Gasteiger partial charge >= 0.3 is 0 Å². The Labute approximate surface area is 121 Å². The molecule has 20 heavy (non-hydrogen) atoms. The number of hydrogen-bond acceptors (Lipinski definition) is 3. The first-order chi connectivity index (χ1) is 9.72. The first-order valence-corrected chi connectivity index (χ1v) is 7.45. The minimum atomic E-state index is 0.196. The summed E-state index contributed by atoms with van der Waals surface area (Å²) in [4.78, 5) is 16.3. The molecule has 1 atom stereocenters. The van der Waals surface area contributed by atoms with Gasteiger partial charge in [-0.15, -0.1) is 0 Å². The summed E-state index contributed by atoms with van der Waals surface area (Å²) in [6, 6.07) is 10.9. The smallest absolute Gasteiger partial charge is 0.236 e. The van der Waals surface area contributed by atoms with E-state index in [1.54, 1.807) is 4.90 Å². The van der Waals surface area contributed by atoms with Gasteiger partial charge in [-0.05, 0) is 37.9 Å². The highest BCUT2D eigenvalue weighted by atomic mass is 16.2. The molecule has 1 fully saturated rings. The van der Waals surface area contributed by atoms with Crippen LogP contribution in [0.5, 0.6) is 0 Å². The summed E-state index contributed by atoms with van der Waals surface area (Å²) < 4.78 is 0. The summed E-state index contributed by atoms with van der Waals surface area (Å²) >= 11 is 0. The van der Waals surface area contributed by atoms with E-state index in [4.69, 9.17) is 5.73 Å². The monoisotopic (exact) mass is 275 g/mol. The first kappa shape index (κ1) is 15.0. The lowest BCUT2D eigenvalue weighted by Gasteiger charge is -2.26. The van der Waals surface area contributed by atoms with Gasteiger partial charge < -0.3 is 10.6 Å². The maximum absolute atomic E-state index is 12.2. The molecule has 0 bridgehead atoms. The van der Waals surface area contributed by atoms with Gasteiger partial charge in [-0.1, -0.05) is 30.3 Å². The van der Waals surface area contributed by atoms with E-state index in [9.17, 15) is 4.79 Å². The molecule has 4 heteroatoms. The maximum Gasteiger partial charge on any atom is 0.236 e. The third kappa shape index (κ3) is 3.81. The van der Waals surface area contributed by atoms with Crippen LogP contribution in [0.2, 0.25) is 0 Å². The van der Waals surface area contributed by atoms with Crippen LogP contribution in [0.1, 0.15) is 30.9 Å². The molecule has 1 heterocycles. The molecule has 1 amide bonds. The van der Waals surface area contributed by atoms with Crippen molar-refractivity contribution in [2.45, 2.75) is 25.3 Å². The van der Waals surface area contributed by atoms with Crippen LogP contribution in [0.3, 0.4) is 0 Å². The van der Waals surface area contributed by atoms with Crippen LogP contribution in [-0.2, 0) is 4.79 Å². The highest BCUT2D eigenvalue weighted by Crippen LogP contribution is 2.31. The number of likely N-dealkylation sites (N-methyl/N-ethyl adjacent to an activating group) is 1. The molecule has 110 valence electrons. The van der Waals surface area contributed by atoms with Crippen molar-refractivity contribution in [3.8, 4) is 0 Å². The molecular formula is C16H25N3O. The molecular weight excluding hydrogens is 250 g/mol. The van der Waals surface area contributed by atoms with Gasteiger partial charge in [-0.3, -0.25) is 9.69 Å². The van der Waals surface area contributed by atoms with E-state index in [1.165, 1.54) is 12.0 Å². The second-order valence-electron chi connectivity index (χ2n) is 5.50. The van der Waals surface area contributed by atoms with Crippen molar-refractivity contribution in [3.63, 3.8) is 0 Å². The number of carbonyl (C=O) groups is 1. The maximum atomic E-state index is 12.2. The largest absolute Gasteiger partial charge is 0.345 e. The van der Waals surface area contributed by atoms with Crippen molar-refractivity contribution < 1.29 is 4.79 Å². The Kier molecular flexibility index (Phi) is 5.56. The van der Waals surface area contributed by atoms with Crippen LogP contribution < -0.4 is 5.73 Å². The number of rotatable bonds is 6. The normalized spacial score (nSPS) is 19.2. The SMILES string of the molecule is CN(CCCN)C(=O)CN1CCCC1c1ccccc1. The summed E-state index contributed by atoms with van der Waals surface area (Å²) in [5.74, 6) is 0.196. The minimum Gasteiger partial charge on any atom is -0.345 e. The van der Waals surface area contributed by atoms with Gasteiger partial charge in [-0.25, -0.2) is 0 Å². The molecule has 0 saturated carbocycles. The summed E-state index contributed by atoms with van der Waals surface area (Å²) in [5, 5.41) is 0. The van der Waals surface area contributed by atoms with Crippen LogP contribution in [0.15, 0.2) is 30.3 Å². The topological polar surface area (TPSA) is 49.6 Å². The molecule has 2 rings (SSSR count). The summed E-state index contributed by atoms with van der Waals surface area (Å²) in [7, 11) is 1.87. The van der Waals surface area contributed by atoms with E-state index < -0.39 is 0 Å². The summed E-state index contributed by atoms with van der Waals surface area (Å²) in [5.41, 5.74) is 6.81. The van der Waals surface area contributed by atoms with E-state index in [-0.39, 0.29) is 5.91 Å². The molecule has 0 radical (unpaired) electrons. The van der Waals surface area contributed by atoms with Gasteiger partial charge in [0.15, 0.2) is 0 Å². The molecule has 1 aliphatic heterocycles. The van der Waals surface area contributed by atoms with E-state index in [1.807, 2.05) is 13.1 Å². The zero-order chi connectivity index (χ0) is 14.4. The number of nitrogens with two attached hydrogens (primary N) is 1. The minimum absolute atomic E-state index is 0.196. The molecule has 4 nitrogen and oxygen atoms in total. The Bertz CT molecular complexity index is 421. The lowest BCUT2D eigenvalue weighted by atomic mass is 10.0. The lowest BCUT2D eigenvalue weighted by Crippen LogP contribution is -2.38. The average molecular weight is 275 g/mol. The highest BCUT2D eigenvalue weighted by molar-refractivity contribution is 5.78. The number of benzene rings is 1. The van der Waals surface area contributed by atoms with E-state index in [2.05, 4.69) is 29.2 Å². The Morgan fingerprint density at radius 2 is 2.15 bits per heavy atom. The Morgan fingerprint density at radius 3 is 2.85 bits per heavy atom. The van der Waals surface area contributed by atoms with Crippen molar-refractivity contribution in [1.82, 2.24) is 9.80 Å². The lowest BCUT2D eigenvalue weighted by molar-refractivity contribution is -0.131. The summed E-state index contributed by atoms with van der Waals surface area (Å²) in [6.07, 6.45) is 3.17.